The highest BCUT2D eigenvalue weighted by Gasteiger charge is 2.02. The highest BCUT2D eigenvalue weighted by Crippen LogP contribution is 2.22. The van der Waals surface area contributed by atoms with E-state index in [9.17, 15) is 0 Å². The van der Waals surface area contributed by atoms with Crippen LogP contribution in [0.5, 0.6) is 5.75 Å². The second-order valence-corrected chi connectivity index (χ2v) is 6.31. The first-order valence-electron chi connectivity index (χ1n) is 7.11. The summed E-state index contributed by atoms with van der Waals surface area (Å²) in [6, 6.07) is 10.6. The van der Waals surface area contributed by atoms with Crippen LogP contribution in [0.2, 0.25) is 0 Å². The van der Waals surface area contributed by atoms with Gasteiger partial charge in [-0.05, 0) is 42.3 Å². The van der Waals surface area contributed by atoms with Crippen molar-refractivity contribution in [3.05, 3.63) is 57.8 Å². The second kappa shape index (κ2) is 7.57. The Morgan fingerprint density at radius 1 is 1.24 bits per heavy atom. The van der Waals surface area contributed by atoms with Crippen LogP contribution in [0.25, 0.3) is 0 Å². The van der Waals surface area contributed by atoms with Crippen LogP contribution >= 0.6 is 15.9 Å². The van der Waals surface area contributed by atoms with Gasteiger partial charge in [-0.25, -0.2) is 0 Å². The van der Waals surface area contributed by atoms with Crippen LogP contribution in [0, 0.1) is 6.92 Å². The first-order valence-corrected chi connectivity index (χ1v) is 7.90. The molecule has 0 spiro atoms. The standard InChI is InChI=1S/C17H21BrN2O/c1-12(2)19-9-14-4-6-16(20-10-14)11-21-17-7-5-15(18)8-13(17)3/h4-8,10,12,19H,9,11H2,1-3H3. The molecule has 0 fully saturated rings. The molecule has 21 heavy (non-hydrogen) atoms. The molecule has 0 aliphatic rings. The summed E-state index contributed by atoms with van der Waals surface area (Å²) in [6.45, 7) is 7.64. The van der Waals surface area contributed by atoms with E-state index in [0.29, 0.717) is 12.6 Å². The zero-order valence-corrected chi connectivity index (χ0v) is 14.3. The van der Waals surface area contributed by atoms with E-state index in [0.717, 1.165) is 28.0 Å². The van der Waals surface area contributed by atoms with Crippen molar-refractivity contribution >= 4 is 15.9 Å². The molecule has 112 valence electrons. The molecule has 2 aromatic rings. The minimum Gasteiger partial charge on any atom is -0.487 e. The first-order chi connectivity index (χ1) is 10.0. The van der Waals surface area contributed by atoms with E-state index in [-0.39, 0.29) is 0 Å². The molecule has 1 N–H and O–H groups in total. The maximum Gasteiger partial charge on any atom is 0.130 e. The molecule has 1 heterocycles. The van der Waals surface area contributed by atoms with E-state index in [4.69, 9.17) is 4.74 Å². The van der Waals surface area contributed by atoms with Crippen molar-refractivity contribution in [3.8, 4) is 5.75 Å². The summed E-state index contributed by atoms with van der Waals surface area (Å²) in [6.07, 6.45) is 1.91. The van der Waals surface area contributed by atoms with E-state index in [1.165, 1.54) is 5.56 Å². The number of halogens is 1. The number of hydrogen-bond donors (Lipinski definition) is 1. The summed E-state index contributed by atoms with van der Waals surface area (Å²) < 4.78 is 6.88. The van der Waals surface area contributed by atoms with Gasteiger partial charge >= 0.3 is 0 Å². The highest BCUT2D eigenvalue weighted by molar-refractivity contribution is 9.10. The molecule has 0 saturated heterocycles. The number of pyridine rings is 1. The lowest BCUT2D eigenvalue weighted by Gasteiger charge is -2.10. The Balaban J connectivity index is 1.91. The lowest BCUT2D eigenvalue weighted by Crippen LogP contribution is -2.21. The summed E-state index contributed by atoms with van der Waals surface area (Å²) >= 11 is 3.45. The largest absolute Gasteiger partial charge is 0.487 e. The summed E-state index contributed by atoms with van der Waals surface area (Å²) in [7, 11) is 0. The fourth-order valence-electron chi connectivity index (χ4n) is 1.89. The van der Waals surface area contributed by atoms with Crippen LogP contribution < -0.4 is 10.1 Å². The molecule has 0 unspecified atom stereocenters. The third-order valence-corrected chi connectivity index (χ3v) is 3.61. The number of aryl methyl sites for hydroxylation is 1. The molecule has 1 aromatic heterocycles. The van der Waals surface area contributed by atoms with Crippen LogP contribution in [0.15, 0.2) is 41.0 Å². The Kier molecular flexibility index (Phi) is 5.76. The van der Waals surface area contributed by atoms with Gasteiger partial charge in [0, 0.05) is 23.3 Å². The molecular formula is C17H21BrN2O. The van der Waals surface area contributed by atoms with Crippen LogP contribution in [0.3, 0.4) is 0 Å². The van der Waals surface area contributed by atoms with Crippen molar-refractivity contribution in [1.29, 1.82) is 0 Å². The lowest BCUT2D eigenvalue weighted by atomic mass is 10.2. The van der Waals surface area contributed by atoms with Gasteiger partial charge in [-0.3, -0.25) is 4.98 Å². The van der Waals surface area contributed by atoms with Crippen LogP contribution in [-0.4, -0.2) is 11.0 Å². The molecule has 0 radical (unpaired) electrons. The molecule has 1 aromatic carbocycles. The molecule has 0 bridgehead atoms. The number of ether oxygens (including phenoxy) is 1. The number of hydrogen-bond acceptors (Lipinski definition) is 3. The van der Waals surface area contributed by atoms with E-state index in [1.54, 1.807) is 0 Å². The van der Waals surface area contributed by atoms with Gasteiger partial charge in [0.25, 0.3) is 0 Å². The van der Waals surface area contributed by atoms with Crippen molar-refractivity contribution in [2.24, 2.45) is 0 Å². The number of aromatic nitrogens is 1. The predicted octanol–water partition coefficient (Wildman–Crippen LogP) is 4.23. The topological polar surface area (TPSA) is 34.1 Å². The Morgan fingerprint density at radius 3 is 2.67 bits per heavy atom. The van der Waals surface area contributed by atoms with Crippen LogP contribution in [0.1, 0.15) is 30.7 Å². The molecule has 3 nitrogen and oxygen atoms in total. The van der Waals surface area contributed by atoms with Gasteiger partial charge in [-0.15, -0.1) is 0 Å². The summed E-state index contributed by atoms with van der Waals surface area (Å²) in [4.78, 5) is 4.44. The van der Waals surface area contributed by atoms with E-state index < -0.39 is 0 Å². The Hall–Kier alpha value is -1.39. The molecule has 4 heteroatoms. The van der Waals surface area contributed by atoms with E-state index >= 15 is 0 Å². The quantitative estimate of drug-likeness (QED) is 0.848. The fraction of sp³-hybridized carbons (Fsp3) is 0.353. The van der Waals surface area contributed by atoms with Gasteiger partial charge in [0.05, 0.1) is 5.69 Å². The number of rotatable bonds is 6. The van der Waals surface area contributed by atoms with Crippen molar-refractivity contribution in [2.45, 2.75) is 40.0 Å². The summed E-state index contributed by atoms with van der Waals surface area (Å²) in [5.74, 6) is 0.894. The highest BCUT2D eigenvalue weighted by atomic mass is 79.9. The van der Waals surface area contributed by atoms with Crippen LogP contribution in [-0.2, 0) is 13.2 Å². The predicted molar refractivity (Wildman–Crippen MR) is 89.4 cm³/mol. The van der Waals surface area contributed by atoms with Gasteiger partial charge in [0.15, 0.2) is 0 Å². The third kappa shape index (κ3) is 5.14. The van der Waals surface area contributed by atoms with E-state index in [1.807, 2.05) is 37.4 Å². The number of nitrogens with zero attached hydrogens (tertiary/aromatic N) is 1. The minimum absolute atomic E-state index is 0.480. The van der Waals surface area contributed by atoms with Gasteiger partial charge in [-0.2, -0.15) is 0 Å². The zero-order valence-electron chi connectivity index (χ0n) is 12.7. The van der Waals surface area contributed by atoms with Gasteiger partial charge in [-0.1, -0.05) is 35.8 Å². The first kappa shape index (κ1) is 16.0. The normalized spacial score (nSPS) is 10.9. The molecule has 0 saturated carbocycles. The SMILES string of the molecule is Cc1cc(Br)ccc1OCc1ccc(CNC(C)C)cn1. The summed E-state index contributed by atoms with van der Waals surface area (Å²) in [5, 5.41) is 3.38. The molecular weight excluding hydrogens is 328 g/mol. The molecule has 0 aliphatic carbocycles. The summed E-state index contributed by atoms with van der Waals surface area (Å²) in [5.41, 5.74) is 3.24. The van der Waals surface area contributed by atoms with Crippen molar-refractivity contribution in [2.75, 3.05) is 0 Å². The number of nitrogens with one attached hydrogen (secondary N) is 1. The molecule has 0 atom stereocenters. The monoisotopic (exact) mass is 348 g/mol. The van der Waals surface area contributed by atoms with Crippen molar-refractivity contribution in [1.82, 2.24) is 10.3 Å². The van der Waals surface area contributed by atoms with Crippen LogP contribution in [0.4, 0.5) is 0 Å². The molecule has 2 rings (SSSR count). The third-order valence-electron chi connectivity index (χ3n) is 3.11. The maximum absolute atomic E-state index is 5.82. The van der Waals surface area contributed by atoms with Crippen molar-refractivity contribution in [3.63, 3.8) is 0 Å². The lowest BCUT2D eigenvalue weighted by molar-refractivity contribution is 0.299. The smallest absolute Gasteiger partial charge is 0.130 e. The fourth-order valence-corrected chi connectivity index (χ4v) is 2.37. The zero-order chi connectivity index (χ0) is 15.2. The number of benzene rings is 1. The van der Waals surface area contributed by atoms with Gasteiger partial charge in [0.1, 0.15) is 12.4 Å². The van der Waals surface area contributed by atoms with E-state index in [2.05, 4.69) is 46.1 Å². The van der Waals surface area contributed by atoms with Gasteiger partial charge < -0.3 is 10.1 Å². The Morgan fingerprint density at radius 2 is 2.05 bits per heavy atom. The average Bonchev–Trinajstić information content (AvgIpc) is 2.45. The maximum atomic E-state index is 5.82. The molecule has 0 amide bonds. The molecule has 0 aliphatic heterocycles. The second-order valence-electron chi connectivity index (χ2n) is 5.39. The van der Waals surface area contributed by atoms with Crippen molar-refractivity contribution < 1.29 is 4.74 Å². The minimum atomic E-state index is 0.480. The Labute approximate surface area is 134 Å². The average molecular weight is 349 g/mol. The van der Waals surface area contributed by atoms with Gasteiger partial charge in [0.2, 0.25) is 0 Å². The Bertz CT molecular complexity index is 582.